The molecular formula is C16H23F3N2O2. The molecular weight excluding hydrogens is 309 g/mol. The highest BCUT2D eigenvalue weighted by atomic mass is 19.4. The fourth-order valence-corrected chi connectivity index (χ4v) is 2.92. The van der Waals surface area contributed by atoms with Crippen molar-refractivity contribution in [1.82, 2.24) is 10.2 Å². The Morgan fingerprint density at radius 3 is 2.52 bits per heavy atom. The van der Waals surface area contributed by atoms with Crippen LogP contribution in [-0.4, -0.2) is 55.2 Å². The van der Waals surface area contributed by atoms with Gasteiger partial charge >= 0.3 is 6.36 Å². The average molecular weight is 332 g/mol. The van der Waals surface area contributed by atoms with Gasteiger partial charge in [-0.05, 0) is 26.0 Å². The lowest BCUT2D eigenvalue weighted by Gasteiger charge is -2.30. The van der Waals surface area contributed by atoms with Gasteiger partial charge in [-0.25, -0.2) is 0 Å². The van der Waals surface area contributed by atoms with Crippen LogP contribution in [0, 0.1) is 0 Å². The third-order valence-electron chi connectivity index (χ3n) is 4.09. The van der Waals surface area contributed by atoms with Crippen LogP contribution in [0.2, 0.25) is 0 Å². The minimum absolute atomic E-state index is 0.230. The first-order valence-electron chi connectivity index (χ1n) is 7.82. The molecule has 1 aliphatic rings. The molecule has 1 saturated heterocycles. The lowest BCUT2D eigenvalue weighted by atomic mass is 9.90. The van der Waals surface area contributed by atoms with Gasteiger partial charge in [-0.1, -0.05) is 18.2 Å². The Balaban J connectivity index is 2.10. The number of piperazine rings is 1. The highest BCUT2D eigenvalue weighted by Crippen LogP contribution is 2.34. The standard InChI is InChI=1S/C16H23F3N2O2/c1-12(22)13(6-9-21-10-7-20-8-11-21)14-4-2-3-5-15(14)23-16(17,18)19/h2-5,12-13,20,22H,6-11H2,1H3. The van der Waals surface area contributed by atoms with Crippen LogP contribution in [0.25, 0.3) is 0 Å². The van der Waals surface area contributed by atoms with Crippen molar-refractivity contribution in [2.45, 2.75) is 31.7 Å². The van der Waals surface area contributed by atoms with E-state index in [0.717, 1.165) is 32.7 Å². The maximum atomic E-state index is 12.6. The van der Waals surface area contributed by atoms with Crippen molar-refractivity contribution >= 4 is 0 Å². The number of aliphatic hydroxyl groups excluding tert-OH is 1. The van der Waals surface area contributed by atoms with E-state index in [-0.39, 0.29) is 5.75 Å². The van der Waals surface area contributed by atoms with Gasteiger partial charge in [0.2, 0.25) is 0 Å². The van der Waals surface area contributed by atoms with E-state index in [1.165, 1.54) is 12.1 Å². The lowest BCUT2D eigenvalue weighted by Crippen LogP contribution is -2.44. The maximum Gasteiger partial charge on any atom is 0.573 e. The summed E-state index contributed by atoms with van der Waals surface area (Å²) in [5.74, 6) is -0.630. The van der Waals surface area contributed by atoms with Crippen LogP contribution < -0.4 is 10.1 Å². The largest absolute Gasteiger partial charge is 0.573 e. The summed E-state index contributed by atoms with van der Waals surface area (Å²) in [5.41, 5.74) is 0.398. The molecule has 7 heteroatoms. The number of halogens is 3. The highest BCUT2D eigenvalue weighted by molar-refractivity contribution is 5.37. The number of nitrogens with one attached hydrogen (secondary N) is 1. The first kappa shape index (κ1) is 18.0. The number of benzene rings is 1. The smallest absolute Gasteiger partial charge is 0.405 e. The Morgan fingerprint density at radius 1 is 1.26 bits per heavy atom. The minimum atomic E-state index is -4.74. The Hall–Kier alpha value is -1.31. The van der Waals surface area contributed by atoms with Gasteiger partial charge in [0.25, 0.3) is 0 Å². The molecule has 0 amide bonds. The summed E-state index contributed by atoms with van der Waals surface area (Å²) in [7, 11) is 0. The third-order valence-corrected chi connectivity index (χ3v) is 4.09. The summed E-state index contributed by atoms with van der Waals surface area (Å²) >= 11 is 0. The molecule has 0 aromatic heterocycles. The second-order valence-electron chi connectivity index (χ2n) is 5.81. The van der Waals surface area contributed by atoms with Gasteiger partial charge in [-0.15, -0.1) is 13.2 Å². The van der Waals surface area contributed by atoms with Crippen LogP contribution in [0.3, 0.4) is 0 Å². The number of hydrogen-bond acceptors (Lipinski definition) is 4. The van der Waals surface area contributed by atoms with Crippen molar-refractivity contribution in [2.24, 2.45) is 0 Å². The predicted molar refractivity (Wildman–Crippen MR) is 81.5 cm³/mol. The van der Waals surface area contributed by atoms with Gasteiger partial charge < -0.3 is 20.1 Å². The fourth-order valence-electron chi connectivity index (χ4n) is 2.92. The Labute approximate surface area is 134 Å². The Bertz CT molecular complexity index is 488. The molecule has 0 aliphatic carbocycles. The number of para-hydroxylation sites is 1. The summed E-state index contributed by atoms with van der Waals surface area (Å²) in [4.78, 5) is 2.25. The maximum absolute atomic E-state index is 12.6. The highest BCUT2D eigenvalue weighted by Gasteiger charge is 2.33. The molecule has 0 radical (unpaired) electrons. The molecule has 0 saturated carbocycles. The summed E-state index contributed by atoms with van der Waals surface area (Å²) in [5, 5.41) is 13.3. The topological polar surface area (TPSA) is 44.7 Å². The van der Waals surface area contributed by atoms with Crippen molar-refractivity contribution in [2.75, 3.05) is 32.7 Å². The molecule has 130 valence electrons. The predicted octanol–water partition coefficient (Wildman–Crippen LogP) is 2.34. The van der Waals surface area contributed by atoms with Crippen LogP contribution in [-0.2, 0) is 0 Å². The van der Waals surface area contributed by atoms with Gasteiger partial charge in [0.15, 0.2) is 0 Å². The second kappa shape index (κ2) is 7.99. The van der Waals surface area contributed by atoms with E-state index >= 15 is 0 Å². The van der Waals surface area contributed by atoms with Crippen molar-refractivity contribution < 1.29 is 23.0 Å². The first-order chi connectivity index (χ1) is 10.9. The van der Waals surface area contributed by atoms with Crippen LogP contribution in [0.5, 0.6) is 5.75 Å². The van der Waals surface area contributed by atoms with Gasteiger partial charge in [0, 0.05) is 37.7 Å². The van der Waals surface area contributed by atoms with Crippen molar-refractivity contribution in [3.63, 3.8) is 0 Å². The summed E-state index contributed by atoms with van der Waals surface area (Å²) < 4.78 is 41.8. The van der Waals surface area contributed by atoms with E-state index in [9.17, 15) is 18.3 Å². The quantitative estimate of drug-likeness (QED) is 0.839. The molecule has 2 rings (SSSR count). The van der Waals surface area contributed by atoms with E-state index in [4.69, 9.17) is 0 Å². The van der Waals surface area contributed by atoms with Crippen LogP contribution in [0.4, 0.5) is 13.2 Å². The zero-order chi connectivity index (χ0) is 16.9. The average Bonchev–Trinajstić information content (AvgIpc) is 2.48. The summed E-state index contributed by atoms with van der Waals surface area (Å²) in [6.07, 6.45) is -4.91. The van der Waals surface area contributed by atoms with Crippen LogP contribution in [0.1, 0.15) is 24.8 Å². The molecule has 1 heterocycles. The normalized spacial score (nSPS) is 19.3. The first-order valence-corrected chi connectivity index (χ1v) is 7.82. The van der Waals surface area contributed by atoms with Gasteiger partial charge in [0.05, 0.1) is 6.10 Å². The third kappa shape index (κ3) is 5.67. The van der Waals surface area contributed by atoms with Gasteiger partial charge in [-0.2, -0.15) is 0 Å². The number of nitrogens with zero attached hydrogens (tertiary/aromatic N) is 1. The zero-order valence-corrected chi connectivity index (χ0v) is 13.1. The molecule has 1 fully saturated rings. The van der Waals surface area contributed by atoms with E-state index < -0.39 is 18.4 Å². The molecule has 2 N–H and O–H groups in total. The molecule has 2 unspecified atom stereocenters. The Morgan fingerprint density at radius 2 is 1.91 bits per heavy atom. The minimum Gasteiger partial charge on any atom is -0.405 e. The molecule has 0 spiro atoms. The molecule has 4 nitrogen and oxygen atoms in total. The lowest BCUT2D eigenvalue weighted by molar-refractivity contribution is -0.275. The van der Waals surface area contributed by atoms with Gasteiger partial charge in [0.1, 0.15) is 5.75 Å². The van der Waals surface area contributed by atoms with Crippen molar-refractivity contribution in [1.29, 1.82) is 0 Å². The summed E-state index contributed by atoms with van der Waals surface area (Å²) in [6.45, 7) is 5.98. The van der Waals surface area contributed by atoms with E-state index in [1.54, 1.807) is 19.1 Å². The van der Waals surface area contributed by atoms with Crippen molar-refractivity contribution in [3.8, 4) is 5.75 Å². The van der Waals surface area contributed by atoms with Crippen molar-refractivity contribution in [3.05, 3.63) is 29.8 Å². The van der Waals surface area contributed by atoms with E-state index in [2.05, 4.69) is 15.0 Å². The summed E-state index contributed by atoms with van der Waals surface area (Å²) in [6, 6.07) is 6.05. The number of ether oxygens (including phenoxy) is 1. The number of aliphatic hydroxyl groups is 1. The molecule has 2 atom stereocenters. The molecule has 0 bridgehead atoms. The molecule has 1 aromatic carbocycles. The monoisotopic (exact) mass is 332 g/mol. The number of rotatable bonds is 6. The molecule has 1 aliphatic heterocycles. The zero-order valence-electron chi connectivity index (χ0n) is 13.1. The number of hydrogen-bond donors (Lipinski definition) is 2. The Kier molecular flexibility index (Phi) is 6.26. The van der Waals surface area contributed by atoms with E-state index in [1.807, 2.05) is 0 Å². The van der Waals surface area contributed by atoms with Crippen LogP contribution in [0.15, 0.2) is 24.3 Å². The molecule has 23 heavy (non-hydrogen) atoms. The number of alkyl halides is 3. The SMILES string of the molecule is CC(O)C(CCN1CCNCC1)c1ccccc1OC(F)(F)F. The fraction of sp³-hybridized carbons (Fsp3) is 0.625. The van der Waals surface area contributed by atoms with E-state index in [0.29, 0.717) is 12.0 Å². The van der Waals surface area contributed by atoms with Gasteiger partial charge in [-0.3, -0.25) is 0 Å². The van der Waals surface area contributed by atoms with Crippen LogP contribution >= 0.6 is 0 Å². The second-order valence-corrected chi connectivity index (χ2v) is 5.81. The molecule has 1 aromatic rings.